The summed E-state index contributed by atoms with van der Waals surface area (Å²) < 4.78 is 6.21. The summed E-state index contributed by atoms with van der Waals surface area (Å²) in [6, 6.07) is 10.5. The summed E-state index contributed by atoms with van der Waals surface area (Å²) in [6.45, 7) is 9.67. The summed E-state index contributed by atoms with van der Waals surface area (Å²) in [5.41, 5.74) is 4.19. The van der Waals surface area contributed by atoms with Gasteiger partial charge in [-0.1, -0.05) is 25.3 Å². The van der Waals surface area contributed by atoms with E-state index in [2.05, 4.69) is 62.6 Å². The summed E-state index contributed by atoms with van der Waals surface area (Å²) in [7, 11) is 0. The number of allylic oxidation sites excluding steroid dienone is 1. The fourth-order valence-electron chi connectivity index (χ4n) is 4.09. The maximum Gasteiger partial charge on any atom is 0.214 e. The fourth-order valence-corrected chi connectivity index (χ4v) is 4.09. The van der Waals surface area contributed by atoms with Crippen LogP contribution < -0.4 is 10.1 Å². The van der Waals surface area contributed by atoms with Gasteiger partial charge in [-0.3, -0.25) is 0 Å². The molecular formula is C25H27N5O. The molecule has 0 atom stereocenters. The van der Waals surface area contributed by atoms with Gasteiger partial charge in [-0.2, -0.15) is 0 Å². The third-order valence-corrected chi connectivity index (χ3v) is 6.07. The first-order valence-electron chi connectivity index (χ1n) is 10.9. The van der Waals surface area contributed by atoms with Crippen LogP contribution in [-0.4, -0.2) is 39.0 Å². The molecule has 2 aliphatic rings. The second-order valence-corrected chi connectivity index (χ2v) is 8.29. The van der Waals surface area contributed by atoms with Crippen LogP contribution in [0.15, 0.2) is 67.8 Å². The third kappa shape index (κ3) is 4.38. The molecule has 1 aromatic carbocycles. The van der Waals surface area contributed by atoms with E-state index in [1.807, 2.05) is 6.07 Å². The Hall–Kier alpha value is -3.41. The van der Waals surface area contributed by atoms with Crippen LogP contribution in [0.5, 0.6) is 5.88 Å². The second-order valence-electron chi connectivity index (χ2n) is 8.29. The Balaban J connectivity index is 1.33. The van der Waals surface area contributed by atoms with Crippen LogP contribution in [0.25, 0.3) is 10.9 Å². The zero-order valence-electron chi connectivity index (χ0n) is 17.6. The Morgan fingerprint density at radius 2 is 1.94 bits per heavy atom. The largest absolute Gasteiger partial charge is 0.474 e. The minimum atomic E-state index is 0.134. The number of nitrogens with zero attached hydrogens (tertiary/aromatic N) is 4. The van der Waals surface area contributed by atoms with Crippen molar-refractivity contribution in [3.05, 3.63) is 73.4 Å². The van der Waals surface area contributed by atoms with Gasteiger partial charge >= 0.3 is 0 Å². The molecule has 0 spiro atoms. The number of ether oxygens (including phenoxy) is 1. The zero-order chi connectivity index (χ0) is 21.2. The number of hydrogen-bond donors (Lipinski definition) is 1. The van der Waals surface area contributed by atoms with E-state index in [9.17, 15) is 0 Å². The molecule has 2 aromatic heterocycles. The second kappa shape index (κ2) is 8.38. The molecule has 3 aromatic rings. The summed E-state index contributed by atoms with van der Waals surface area (Å²) in [6.07, 6.45) is 9.69. The normalized spacial score (nSPS) is 16.8. The average molecular weight is 414 g/mol. The molecule has 1 saturated carbocycles. The minimum Gasteiger partial charge on any atom is -0.474 e. The average Bonchev–Trinajstić information content (AvgIpc) is 3.65. The molecule has 5 rings (SSSR count). The van der Waals surface area contributed by atoms with Crippen LogP contribution >= 0.6 is 0 Å². The first-order valence-corrected chi connectivity index (χ1v) is 10.9. The van der Waals surface area contributed by atoms with E-state index in [0.29, 0.717) is 11.8 Å². The predicted octanol–water partition coefficient (Wildman–Crippen LogP) is 5.19. The molecule has 1 aliphatic heterocycles. The molecule has 2 fully saturated rings. The van der Waals surface area contributed by atoms with Crippen molar-refractivity contribution in [1.29, 1.82) is 0 Å². The van der Waals surface area contributed by atoms with Crippen LogP contribution in [0.2, 0.25) is 0 Å². The van der Waals surface area contributed by atoms with Crippen molar-refractivity contribution in [3.63, 3.8) is 0 Å². The highest BCUT2D eigenvalue weighted by atomic mass is 16.5. The SMILES string of the molecule is C=CC(=C)N1CCC(Oc2cc3c(Nc4cccc(C5CC5)c4)ncnc3cn2)CC1. The van der Waals surface area contributed by atoms with Crippen LogP contribution in [0.3, 0.4) is 0 Å². The highest BCUT2D eigenvalue weighted by molar-refractivity contribution is 5.90. The first-order chi connectivity index (χ1) is 15.2. The first kappa shape index (κ1) is 19.5. The molecule has 1 N–H and O–H groups in total. The van der Waals surface area contributed by atoms with Crippen molar-refractivity contribution in [2.75, 3.05) is 18.4 Å². The van der Waals surface area contributed by atoms with Gasteiger partial charge in [0.2, 0.25) is 5.88 Å². The fraction of sp³-hybridized carbons (Fsp3) is 0.320. The number of nitrogens with one attached hydrogen (secondary N) is 1. The van der Waals surface area contributed by atoms with Gasteiger partial charge in [-0.25, -0.2) is 15.0 Å². The van der Waals surface area contributed by atoms with Gasteiger partial charge in [0, 0.05) is 48.8 Å². The smallest absolute Gasteiger partial charge is 0.214 e. The number of likely N-dealkylation sites (tertiary alicyclic amines) is 1. The van der Waals surface area contributed by atoms with Gasteiger partial charge in [0.25, 0.3) is 0 Å². The standard InChI is InChI=1S/C25H27N5O/c1-3-17(2)30-11-9-21(10-12-30)31-24-14-22-23(15-26-24)27-16-28-25(22)29-20-6-4-5-19(13-20)18-7-8-18/h3-6,13-16,18,21H,1-2,7-12H2,(H,27,28,29). The predicted molar refractivity (Wildman–Crippen MR) is 124 cm³/mol. The summed E-state index contributed by atoms with van der Waals surface area (Å²) in [5, 5.41) is 4.37. The Bertz CT molecular complexity index is 1120. The Morgan fingerprint density at radius 1 is 1.10 bits per heavy atom. The molecule has 6 nitrogen and oxygen atoms in total. The Kier molecular flexibility index (Phi) is 5.28. The van der Waals surface area contributed by atoms with E-state index in [4.69, 9.17) is 4.74 Å². The van der Waals surface area contributed by atoms with Gasteiger partial charge < -0.3 is 15.0 Å². The highest BCUT2D eigenvalue weighted by Gasteiger charge is 2.24. The van der Waals surface area contributed by atoms with E-state index in [1.54, 1.807) is 18.6 Å². The Labute approximate surface area is 182 Å². The van der Waals surface area contributed by atoms with Crippen LogP contribution in [0.4, 0.5) is 11.5 Å². The van der Waals surface area contributed by atoms with Crippen molar-refractivity contribution in [3.8, 4) is 5.88 Å². The molecule has 6 heteroatoms. The van der Waals surface area contributed by atoms with Gasteiger partial charge in [-0.15, -0.1) is 0 Å². The third-order valence-electron chi connectivity index (χ3n) is 6.07. The minimum absolute atomic E-state index is 0.134. The molecule has 0 radical (unpaired) electrons. The summed E-state index contributed by atoms with van der Waals surface area (Å²) in [4.78, 5) is 15.6. The van der Waals surface area contributed by atoms with Gasteiger partial charge in [0.05, 0.1) is 11.7 Å². The van der Waals surface area contributed by atoms with Gasteiger partial charge in [0.15, 0.2) is 0 Å². The van der Waals surface area contributed by atoms with E-state index in [-0.39, 0.29) is 6.10 Å². The highest BCUT2D eigenvalue weighted by Crippen LogP contribution is 2.41. The molecule has 1 aliphatic carbocycles. The number of rotatable bonds is 7. The lowest BCUT2D eigenvalue weighted by Gasteiger charge is -2.33. The Morgan fingerprint density at radius 3 is 2.71 bits per heavy atom. The van der Waals surface area contributed by atoms with Crippen LogP contribution in [0, 0.1) is 0 Å². The number of pyridine rings is 1. The molecule has 1 saturated heterocycles. The molecular weight excluding hydrogens is 386 g/mol. The van der Waals surface area contributed by atoms with Crippen molar-refractivity contribution in [2.45, 2.75) is 37.7 Å². The number of fused-ring (bicyclic) bond motifs is 1. The number of piperidine rings is 1. The maximum atomic E-state index is 6.21. The molecule has 0 unspecified atom stereocenters. The molecule has 3 heterocycles. The molecule has 0 amide bonds. The van der Waals surface area contributed by atoms with Gasteiger partial charge in [-0.05, 0) is 42.5 Å². The lowest BCUT2D eigenvalue weighted by molar-refractivity contribution is 0.115. The van der Waals surface area contributed by atoms with Crippen molar-refractivity contribution in [2.24, 2.45) is 0 Å². The monoisotopic (exact) mass is 413 g/mol. The van der Waals surface area contributed by atoms with E-state index < -0.39 is 0 Å². The summed E-state index contributed by atoms with van der Waals surface area (Å²) in [5.74, 6) is 2.09. The number of aromatic nitrogens is 3. The maximum absolute atomic E-state index is 6.21. The number of anilines is 2. The topological polar surface area (TPSA) is 63.2 Å². The number of hydrogen-bond acceptors (Lipinski definition) is 6. The van der Waals surface area contributed by atoms with Gasteiger partial charge in [0.1, 0.15) is 18.2 Å². The van der Waals surface area contributed by atoms with E-state index >= 15 is 0 Å². The quantitative estimate of drug-likeness (QED) is 0.538. The number of benzene rings is 1. The van der Waals surface area contributed by atoms with Crippen molar-refractivity contribution < 1.29 is 4.74 Å². The van der Waals surface area contributed by atoms with Crippen molar-refractivity contribution >= 4 is 22.4 Å². The summed E-state index contributed by atoms with van der Waals surface area (Å²) >= 11 is 0. The lowest BCUT2D eigenvalue weighted by Crippen LogP contribution is -2.37. The van der Waals surface area contributed by atoms with Crippen LogP contribution in [-0.2, 0) is 0 Å². The molecule has 0 bridgehead atoms. The van der Waals surface area contributed by atoms with Crippen LogP contribution in [0.1, 0.15) is 37.2 Å². The zero-order valence-corrected chi connectivity index (χ0v) is 17.6. The molecule has 158 valence electrons. The van der Waals surface area contributed by atoms with Crippen molar-refractivity contribution in [1.82, 2.24) is 19.9 Å². The lowest BCUT2D eigenvalue weighted by atomic mass is 10.1. The van der Waals surface area contributed by atoms with E-state index in [0.717, 1.165) is 54.0 Å². The molecule has 31 heavy (non-hydrogen) atoms. The van der Waals surface area contributed by atoms with E-state index in [1.165, 1.54) is 18.4 Å².